The summed E-state index contributed by atoms with van der Waals surface area (Å²) in [5.74, 6) is -1.64. The maximum Gasteiger partial charge on any atom is 0.330 e. The number of ether oxygens (including phenoxy) is 1. The minimum Gasteiger partial charge on any atom is -0.479 e. The topological polar surface area (TPSA) is 80.6 Å². The number of nitrogens with one attached hydrogen (secondary N) is 1. The second kappa shape index (κ2) is 9.57. The zero-order chi connectivity index (χ0) is 20.8. The van der Waals surface area contributed by atoms with Crippen LogP contribution in [-0.2, 0) is 16.3 Å². The molecule has 0 saturated heterocycles. The van der Waals surface area contributed by atoms with Crippen molar-refractivity contribution in [2.24, 2.45) is 5.41 Å². The highest BCUT2D eigenvalue weighted by Crippen LogP contribution is 2.17. The van der Waals surface area contributed by atoms with Gasteiger partial charge in [0.15, 0.2) is 0 Å². The highest BCUT2D eigenvalue weighted by molar-refractivity contribution is 6.76. The number of amides is 1. The molecule has 1 atom stereocenters. The molecule has 0 aliphatic heterocycles. The Morgan fingerprint density at radius 1 is 1.33 bits per heavy atom. The molecular formula is C19H31ClN2O4Si. The van der Waals surface area contributed by atoms with Crippen molar-refractivity contribution < 1.29 is 19.4 Å². The van der Waals surface area contributed by atoms with Crippen LogP contribution < -0.4 is 5.32 Å². The van der Waals surface area contributed by atoms with E-state index < -0.39 is 26.0 Å². The molecule has 0 radical (unpaired) electrons. The summed E-state index contributed by atoms with van der Waals surface area (Å²) in [6.45, 7) is 13.4. The van der Waals surface area contributed by atoms with Crippen LogP contribution in [-0.4, -0.2) is 42.3 Å². The number of carbonyl (C=O) groups is 2. The van der Waals surface area contributed by atoms with Crippen molar-refractivity contribution in [2.45, 2.75) is 59.2 Å². The maximum absolute atomic E-state index is 12.6. The van der Waals surface area contributed by atoms with E-state index in [0.717, 1.165) is 6.04 Å². The summed E-state index contributed by atoms with van der Waals surface area (Å²) in [5.41, 5.74) is 0.0787. The van der Waals surface area contributed by atoms with Gasteiger partial charge < -0.3 is 19.7 Å². The molecule has 6 nitrogen and oxygen atoms in total. The molecule has 0 aliphatic carbocycles. The average molecular weight is 415 g/mol. The molecule has 0 fully saturated rings. The Morgan fingerprint density at radius 2 is 1.96 bits per heavy atom. The highest BCUT2D eigenvalue weighted by atomic mass is 35.5. The number of halogens is 1. The fraction of sp³-hybridized carbons (Fsp3) is 0.579. The van der Waals surface area contributed by atoms with Crippen LogP contribution in [0.4, 0.5) is 0 Å². The second-order valence-electron chi connectivity index (χ2n) is 8.83. The minimum atomic E-state index is -1.21. The molecule has 2 N–H and O–H groups in total. The first kappa shape index (κ1) is 23.5. The second-order valence-corrected chi connectivity index (χ2v) is 14.8. The van der Waals surface area contributed by atoms with Crippen LogP contribution in [0.25, 0.3) is 0 Å². The SMILES string of the molecule is CC(C)(C)/C=C/C(NC(=O)c1ccc(Cl)n1COCC[Si](C)(C)C)C(=O)O. The predicted molar refractivity (Wildman–Crippen MR) is 111 cm³/mol. The van der Waals surface area contributed by atoms with Crippen molar-refractivity contribution in [1.82, 2.24) is 9.88 Å². The van der Waals surface area contributed by atoms with Crippen LogP contribution in [0.2, 0.25) is 30.8 Å². The Labute approximate surface area is 167 Å². The summed E-state index contributed by atoms with van der Waals surface area (Å²) in [4.78, 5) is 24.0. The van der Waals surface area contributed by atoms with E-state index in [0.29, 0.717) is 11.8 Å². The number of rotatable bonds is 9. The number of carbonyl (C=O) groups excluding carboxylic acids is 1. The quantitative estimate of drug-likeness (QED) is 0.359. The molecule has 1 aromatic heterocycles. The summed E-state index contributed by atoms with van der Waals surface area (Å²) < 4.78 is 7.21. The Hall–Kier alpha value is -1.57. The van der Waals surface area contributed by atoms with E-state index in [4.69, 9.17) is 16.3 Å². The minimum absolute atomic E-state index is 0.147. The van der Waals surface area contributed by atoms with Crippen molar-refractivity contribution in [3.63, 3.8) is 0 Å². The van der Waals surface area contributed by atoms with E-state index in [9.17, 15) is 14.7 Å². The van der Waals surface area contributed by atoms with Crippen LogP contribution >= 0.6 is 11.6 Å². The van der Waals surface area contributed by atoms with E-state index in [2.05, 4.69) is 25.0 Å². The Morgan fingerprint density at radius 3 is 2.48 bits per heavy atom. The van der Waals surface area contributed by atoms with E-state index >= 15 is 0 Å². The van der Waals surface area contributed by atoms with Gasteiger partial charge in [0.05, 0.1) is 0 Å². The summed E-state index contributed by atoms with van der Waals surface area (Å²) in [7, 11) is -1.21. The lowest BCUT2D eigenvalue weighted by Crippen LogP contribution is -2.40. The van der Waals surface area contributed by atoms with Gasteiger partial charge in [-0.15, -0.1) is 0 Å². The monoisotopic (exact) mass is 414 g/mol. The molecule has 0 aromatic carbocycles. The molecule has 1 heterocycles. The summed E-state index contributed by atoms with van der Waals surface area (Å²) >= 11 is 6.16. The van der Waals surface area contributed by atoms with Gasteiger partial charge in [-0.3, -0.25) is 4.79 Å². The third kappa shape index (κ3) is 8.77. The zero-order valence-electron chi connectivity index (χ0n) is 17.0. The first-order valence-corrected chi connectivity index (χ1v) is 13.0. The number of aromatic nitrogens is 1. The van der Waals surface area contributed by atoms with Crippen LogP contribution in [0.1, 0.15) is 31.3 Å². The van der Waals surface area contributed by atoms with Gasteiger partial charge in [0, 0.05) is 14.7 Å². The summed E-state index contributed by atoms with van der Waals surface area (Å²) in [6, 6.07) is 3.04. The van der Waals surface area contributed by atoms with E-state index in [1.165, 1.54) is 10.6 Å². The van der Waals surface area contributed by atoms with Crippen LogP contribution in [0, 0.1) is 5.41 Å². The number of hydrogen-bond acceptors (Lipinski definition) is 3. The van der Waals surface area contributed by atoms with Gasteiger partial charge in [0.25, 0.3) is 5.91 Å². The molecule has 27 heavy (non-hydrogen) atoms. The van der Waals surface area contributed by atoms with Crippen LogP contribution in [0.3, 0.4) is 0 Å². The molecule has 1 unspecified atom stereocenters. The van der Waals surface area contributed by atoms with Gasteiger partial charge >= 0.3 is 5.97 Å². The standard InChI is InChI=1S/C19H31ClN2O4Si/c1-19(2,3)10-9-14(18(24)25)21-17(23)15-7-8-16(20)22(15)13-26-11-12-27(4,5)6/h7-10,14H,11-13H2,1-6H3,(H,21,23)(H,24,25)/b10-9+. The van der Waals surface area contributed by atoms with Gasteiger partial charge in [-0.1, -0.05) is 64.2 Å². The van der Waals surface area contributed by atoms with Crippen molar-refractivity contribution in [3.8, 4) is 0 Å². The third-order valence-corrected chi connectivity index (χ3v) is 5.75. The number of nitrogens with zero attached hydrogens (tertiary/aromatic N) is 1. The van der Waals surface area contributed by atoms with Gasteiger partial charge in [-0.05, 0) is 23.6 Å². The normalized spacial score (nSPS) is 13.7. The van der Waals surface area contributed by atoms with Crippen molar-refractivity contribution in [3.05, 3.63) is 35.1 Å². The number of hydrogen-bond donors (Lipinski definition) is 2. The Bertz CT molecular complexity index is 687. The Balaban J connectivity index is 2.82. The lowest BCUT2D eigenvalue weighted by atomic mass is 9.95. The van der Waals surface area contributed by atoms with Gasteiger partial charge in [0.2, 0.25) is 0 Å². The Kier molecular flexibility index (Phi) is 8.32. The average Bonchev–Trinajstić information content (AvgIpc) is 2.86. The fourth-order valence-electron chi connectivity index (χ4n) is 2.10. The highest BCUT2D eigenvalue weighted by Gasteiger charge is 2.22. The first-order chi connectivity index (χ1) is 12.3. The molecule has 0 saturated carbocycles. The number of allylic oxidation sites excluding steroid dienone is 1. The molecule has 0 aliphatic rings. The van der Waals surface area contributed by atoms with Gasteiger partial charge in [-0.25, -0.2) is 4.79 Å². The summed E-state index contributed by atoms with van der Waals surface area (Å²) in [6.07, 6.45) is 3.25. The van der Waals surface area contributed by atoms with Gasteiger partial charge in [-0.2, -0.15) is 0 Å². The van der Waals surface area contributed by atoms with E-state index in [1.807, 2.05) is 20.8 Å². The lowest BCUT2D eigenvalue weighted by molar-refractivity contribution is -0.137. The molecule has 8 heteroatoms. The van der Waals surface area contributed by atoms with Crippen LogP contribution in [0.5, 0.6) is 0 Å². The smallest absolute Gasteiger partial charge is 0.330 e. The maximum atomic E-state index is 12.6. The molecule has 0 spiro atoms. The first-order valence-electron chi connectivity index (χ1n) is 8.96. The molecule has 1 amide bonds. The fourth-order valence-corrected chi connectivity index (χ4v) is 3.06. The molecular weight excluding hydrogens is 384 g/mol. The zero-order valence-corrected chi connectivity index (χ0v) is 18.8. The largest absolute Gasteiger partial charge is 0.479 e. The number of carboxylic acid groups (broad SMARTS) is 1. The van der Waals surface area contributed by atoms with Gasteiger partial charge in [0.1, 0.15) is 23.6 Å². The number of carboxylic acids is 1. The number of aliphatic carboxylic acids is 1. The third-order valence-electron chi connectivity index (χ3n) is 3.72. The van der Waals surface area contributed by atoms with Crippen molar-refractivity contribution in [2.75, 3.05) is 6.61 Å². The van der Waals surface area contributed by atoms with E-state index in [-0.39, 0.29) is 17.8 Å². The van der Waals surface area contributed by atoms with Crippen molar-refractivity contribution >= 4 is 31.6 Å². The van der Waals surface area contributed by atoms with Crippen LogP contribution in [0.15, 0.2) is 24.3 Å². The predicted octanol–water partition coefficient (Wildman–Crippen LogP) is 4.24. The summed E-state index contributed by atoms with van der Waals surface area (Å²) in [5, 5.41) is 12.3. The van der Waals surface area contributed by atoms with E-state index in [1.54, 1.807) is 18.2 Å². The molecule has 0 bridgehead atoms. The molecule has 1 rings (SSSR count). The van der Waals surface area contributed by atoms with Crippen molar-refractivity contribution in [1.29, 1.82) is 0 Å². The molecule has 1 aromatic rings. The lowest BCUT2D eigenvalue weighted by Gasteiger charge is -2.17. The molecule has 152 valence electrons.